The van der Waals surface area contributed by atoms with Crippen LogP contribution in [0, 0.1) is 6.92 Å². The van der Waals surface area contributed by atoms with Crippen molar-refractivity contribution in [1.29, 1.82) is 0 Å². The Bertz CT molecular complexity index is 928. The number of aryl methyl sites for hydroxylation is 1. The van der Waals surface area contributed by atoms with Crippen LogP contribution in [-0.2, 0) is 17.6 Å². The Balaban J connectivity index is 1.71. The fourth-order valence-corrected chi connectivity index (χ4v) is 3.38. The Kier molecular flexibility index (Phi) is 6.64. The van der Waals surface area contributed by atoms with Gasteiger partial charge in [-0.3, -0.25) is 0 Å². The molecule has 0 aliphatic carbocycles. The van der Waals surface area contributed by atoms with Crippen LogP contribution in [0.1, 0.15) is 35.6 Å². The Morgan fingerprint density at radius 2 is 2.00 bits per heavy atom. The van der Waals surface area contributed by atoms with Crippen molar-refractivity contribution in [3.05, 3.63) is 70.8 Å². The summed E-state index contributed by atoms with van der Waals surface area (Å²) in [7, 11) is 0. The molecular formula is C22H24F3N3O2. The third kappa shape index (κ3) is 5.31. The molecule has 160 valence electrons. The minimum absolute atomic E-state index is 0.0370. The van der Waals surface area contributed by atoms with Crippen LogP contribution in [0.3, 0.4) is 0 Å². The SMILES string of the molecule is CCNC(=O)N(Cc1cccc(C(F)(F)F)c1)C[C@@H]1CC(c2ccccc2C)=NO1. The molecule has 0 unspecified atom stereocenters. The molecule has 1 aliphatic heterocycles. The van der Waals surface area contributed by atoms with E-state index in [1.165, 1.54) is 11.0 Å². The number of amides is 2. The molecule has 0 spiro atoms. The number of carbonyl (C=O) groups excluding carboxylic acids is 1. The molecule has 2 aromatic carbocycles. The van der Waals surface area contributed by atoms with Crippen molar-refractivity contribution in [3.63, 3.8) is 0 Å². The molecule has 1 N–H and O–H groups in total. The Hall–Kier alpha value is -3.03. The number of carbonyl (C=O) groups is 1. The van der Waals surface area contributed by atoms with Crippen molar-refractivity contribution in [1.82, 2.24) is 10.2 Å². The smallest absolute Gasteiger partial charge is 0.390 e. The monoisotopic (exact) mass is 419 g/mol. The van der Waals surface area contributed by atoms with E-state index in [0.717, 1.165) is 29.0 Å². The van der Waals surface area contributed by atoms with Crippen molar-refractivity contribution in [3.8, 4) is 0 Å². The Labute approximate surface area is 173 Å². The fraction of sp³-hybridized carbons (Fsp3) is 0.364. The summed E-state index contributed by atoms with van der Waals surface area (Å²) in [5.41, 5.74) is 2.52. The molecule has 2 amide bonds. The fourth-order valence-electron chi connectivity index (χ4n) is 3.38. The standard InChI is InChI=1S/C22H24F3N3O2/c1-3-26-21(29)28(13-16-8-6-9-17(11-16)22(23,24)25)14-18-12-20(27-30-18)19-10-5-4-7-15(19)2/h4-11,18H,3,12-14H2,1-2H3,(H,26,29)/t18-/m0/s1. The van der Waals surface area contributed by atoms with Gasteiger partial charge in [-0.15, -0.1) is 0 Å². The van der Waals surface area contributed by atoms with Gasteiger partial charge in [-0.25, -0.2) is 4.79 Å². The van der Waals surface area contributed by atoms with E-state index in [1.807, 2.05) is 31.2 Å². The van der Waals surface area contributed by atoms with Gasteiger partial charge >= 0.3 is 12.2 Å². The lowest BCUT2D eigenvalue weighted by Gasteiger charge is -2.25. The first kappa shape index (κ1) is 21.7. The highest BCUT2D eigenvalue weighted by Crippen LogP contribution is 2.30. The summed E-state index contributed by atoms with van der Waals surface area (Å²) in [5.74, 6) is 0. The van der Waals surface area contributed by atoms with Gasteiger partial charge in [0.2, 0.25) is 0 Å². The normalized spacial score (nSPS) is 16.0. The summed E-state index contributed by atoms with van der Waals surface area (Å²) >= 11 is 0. The minimum atomic E-state index is -4.43. The lowest BCUT2D eigenvalue weighted by molar-refractivity contribution is -0.137. The molecule has 0 radical (unpaired) electrons. The quantitative estimate of drug-likeness (QED) is 0.736. The largest absolute Gasteiger partial charge is 0.416 e. The van der Waals surface area contributed by atoms with Crippen LogP contribution < -0.4 is 5.32 Å². The van der Waals surface area contributed by atoms with Crippen LogP contribution in [0.5, 0.6) is 0 Å². The van der Waals surface area contributed by atoms with Crippen LogP contribution >= 0.6 is 0 Å². The number of hydrogen-bond acceptors (Lipinski definition) is 3. The van der Waals surface area contributed by atoms with Crippen LogP contribution in [0.2, 0.25) is 0 Å². The molecule has 8 heteroatoms. The summed E-state index contributed by atoms with van der Waals surface area (Å²) in [6, 6.07) is 12.5. The highest BCUT2D eigenvalue weighted by molar-refractivity contribution is 6.02. The lowest BCUT2D eigenvalue weighted by Crippen LogP contribution is -2.43. The van der Waals surface area contributed by atoms with Gasteiger partial charge in [-0.05, 0) is 37.1 Å². The van der Waals surface area contributed by atoms with E-state index in [2.05, 4.69) is 10.5 Å². The molecule has 3 rings (SSSR count). The van der Waals surface area contributed by atoms with E-state index in [9.17, 15) is 18.0 Å². The summed E-state index contributed by atoms with van der Waals surface area (Å²) in [6.45, 7) is 4.43. The van der Waals surface area contributed by atoms with Crippen LogP contribution in [-0.4, -0.2) is 35.8 Å². The van der Waals surface area contributed by atoms with Gasteiger partial charge < -0.3 is 15.1 Å². The zero-order valence-corrected chi connectivity index (χ0v) is 16.9. The van der Waals surface area contributed by atoms with Gasteiger partial charge in [0.15, 0.2) is 6.10 Å². The Morgan fingerprint density at radius 3 is 2.70 bits per heavy atom. The Morgan fingerprint density at radius 1 is 1.23 bits per heavy atom. The molecule has 0 bridgehead atoms. The van der Waals surface area contributed by atoms with Crippen molar-refractivity contribution < 1.29 is 22.8 Å². The topological polar surface area (TPSA) is 53.9 Å². The number of benzene rings is 2. The number of halogens is 3. The average Bonchev–Trinajstić information content (AvgIpc) is 3.16. The summed E-state index contributed by atoms with van der Waals surface area (Å²) in [4.78, 5) is 19.5. The van der Waals surface area contributed by atoms with Crippen molar-refractivity contribution in [2.24, 2.45) is 5.16 Å². The predicted octanol–water partition coefficient (Wildman–Crippen LogP) is 4.74. The van der Waals surface area contributed by atoms with Gasteiger partial charge in [-0.1, -0.05) is 41.6 Å². The second-order valence-electron chi connectivity index (χ2n) is 7.20. The highest BCUT2D eigenvalue weighted by atomic mass is 19.4. The average molecular weight is 419 g/mol. The van der Waals surface area contributed by atoms with Gasteiger partial charge in [0.25, 0.3) is 0 Å². The molecule has 1 heterocycles. The number of nitrogens with one attached hydrogen (secondary N) is 1. The van der Waals surface area contributed by atoms with E-state index in [0.29, 0.717) is 18.5 Å². The zero-order chi connectivity index (χ0) is 21.7. The molecule has 30 heavy (non-hydrogen) atoms. The van der Waals surface area contributed by atoms with E-state index in [1.54, 1.807) is 13.0 Å². The molecule has 1 aliphatic rings. The first-order valence-electron chi connectivity index (χ1n) is 9.75. The predicted molar refractivity (Wildman–Crippen MR) is 108 cm³/mol. The molecule has 0 saturated heterocycles. The van der Waals surface area contributed by atoms with Crippen molar-refractivity contribution in [2.75, 3.05) is 13.1 Å². The number of urea groups is 1. The summed E-state index contributed by atoms with van der Waals surface area (Å²) in [6.07, 6.45) is -4.28. The number of nitrogens with zero attached hydrogens (tertiary/aromatic N) is 2. The van der Waals surface area contributed by atoms with E-state index in [4.69, 9.17) is 4.84 Å². The third-order valence-electron chi connectivity index (χ3n) is 4.86. The molecular weight excluding hydrogens is 395 g/mol. The maximum Gasteiger partial charge on any atom is 0.416 e. The summed E-state index contributed by atoms with van der Waals surface area (Å²) in [5, 5.41) is 6.88. The molecule has 5 nitrogen and oxygen atoms in total. The van der Waals surface area contributed by atoms with E-state index in [-0.39, 0.29) is 25.2 Å². The van der Waals surface area contributed by atoms with Gasteiger partial charge in [0.05, 0.1) is 17.8 Å². The minimum Gasteiger partial charge on any atom is -0.390 e. The highest BCUT2D eigenvalue weighted by Gasteiger charge is 2.31. The molecule has 0 aromatic heterocycles. The van der Waals surface area contributed by atoms with Crippen molar-refractivity contribution in [2.45, 2.75) is 39.1 Å². The maximum absolute atomic E-state index is 13.0. The van der Waals surface area contributed by atoms with Crippen LogP contribution in [0.4, 0.5) is 18.0 Å². The molecule has 2 aromatic rings. The van der Waals surface area contributed by atoms with E-state index < -0.39 is 11.7 Å². The maximum atomic E-state index is 13.0. The second kappa shape index (κ2) is 9.19. The zero-order valence-electron chi connectivity index (χ0n) is 16.9. The van der Waals surface area contributed by atoms with Gasteiger partial charge in [0, 0.05) is 25.1 Å². The van der Waals surface area contributed by atoms with E-state index >= 15 is 0 Å². The lowest BCUT2D eigenvalue weighted by atomic mass is 10.0. The number of alkyl halides is 3. The molecule has 0 saturated carbocycles. The van der Waals surface area contributed by atoms with Gasteiger partial charge in [0.1, 0.15) is 0 Å². The number of hydrogen-bond donors (Lipinski definition) is 1. The third-order valence-corrected chi connectivity index (χ3v) is 4.86. The second-order valence-corrected chi connectivity index (χ2v) is 7.20. The molecule has 0 fully saturated rings. The van der Waals surface area contributed by atoms with Crippen molar-refractivity contribution >= 4 is 11.7 Å². The number of oxime groups is 1. The first-order chi connectivity index (χ1) is 14.3. The molecule has 1 atom stereocenters. The first-order valence-corrected chi connectivity index (χ1v) is 9.75. The van der Waals surface area contributed by atoms with Crippen LogP contribution in [0.25, 0.3) is 0 Å². The van der Waals surface area contributed by atoms with Crippen LogP contribution in [0.15, 0.2) is 53.7 Å². The summed E-state index contributed by atoms with van der Waals surface area (Å²) < 4.78 is 39.1. The van der Waals surface area contributed by atoms with Gasteiger partial charge in [-0.2, -0.15) is 13.2 Å². The number of rotatable bonds is 6.